The van der Waals surface area contributed by atoms with Crippen molar-refractivity contribution in [2.75, 3.05) is 26.4 Å². The van der Waals surface area contributed by atoms with Crippen molar-refractivity contribution in [2.45, 2.75) is 64.2 Å². The zero-order valence-electron chi connectivity index (χ0n) is 12.1. The summed E-state index contributed by atoms with van der Waals surface area (Å²) >= 11 is 0. The van der Waals surface area contributed by atoms with Crippen LogP contribution in [0.3, 0.4) is 0 Å². The van der Waals surface area contributed by atoms with E-state index in [0.29, 0.717) is 26.4 Å². The number of nitrogens with one attached hydrogen (secondary N) is 1. The molecule has 0 aliphatic heterocycles. The number of rotatable bonds is 16. The van der Waals surface area contributed by atoms with Crippen LogP contribution >= 0.6 is 0 Å². The second-order valence-corrected chi connectivity index (χ2v) is 4.76. The van der Waals surface area contributed by atoms with Crippen molar-refractivity contribution in [3.63, 3.8) is 0 Å². The lowest BCUT2D eigenvalue weighted by Gasteiger charge is -2.06. The van der Waals surface area contributed by atoms with Crippen molar-refractivity contribution < 1.29 is 19.9 Å². The van der Waals surface area contributed by atoms with E-state index in [-0.39, 0.29) is 0 Å². The van der Waals surface area contributed by atoms with Crippen molar-refractivity contribution >= 4 is 0 Å². The Kier molecular flexibility index (Phi) is 17.6. The minimum absolute atomic E-state index is 0.298. The Morgan fingerprint density at radius 1 is 0.526 bits per heavy atom. The van der Waals surface area contributed by atoms with E-state index in [9.17, 15) is 0 Å². The molecule has 19 heavy (non-hydrogen) atoms. The quantitative estimate of drug-likeness (QED) is 0.298. The Hall–Kier alpha value is -0.200. The summed E-state index contributed by atoms with van der Waals surface area (Å²) in [5.41, 5.74) is 2.51. The smallest absolute Gasteiger partial charge is 0.0709 e. The minimum atomic E-state index is 0.298. The Balaban J connectivity index is 2.88. The molecule has 0 atom stereocenters. The number of aliphatic hydroxyl groups is 2. The molecule has 0 spiro atoms. The van der Waals surface area contributed by atoms with E-state index in [1.54, 1.807) is 0 Å². The van der Waals surface area contributed by atoms with Gasteiger partial charge in [-0.2, -0.15) is 0 Å². The van der Waals surface area contributed by atoms with Gasteiger partial charge in [-0.25, -0.2) is 0 Å². The lowest BCUT2D eigenvalue weighted by Crippen LogP contribution is -2.16. The van der Waals surface area contributed by atoms with Gasteiger partial charge in [0.05, 0.1) is 13.2 Å². The summed E-state index contributed by atoms with van der Waals surface area (Å²) < 4.78 is 0. The lowest BCUT2D eigenvalue weighted by atomic mass is 10.1. The molecule has 3 N–H and O–H groups in total. The van der Waals surface area contributed by atoms with Crippen LogP contribution in [0.25, 0.3) is 0 Å². The second kappa shape index (κ2) is 17.8. The van der Waals surface area contributed by atoms with Crippen LogP contribution in [0.2, 0.25) is 0 Å². The molecule has 0 aromatic rings. The van der Waals surface area contributed by atoms with E-state index in [0.717, 1.165) is 64.2 Å². The molecule has 0 bridgehead atoms. The third-order valence-electron chi connectivity index (χ3n) is 2.93. The Morgan fingerprint density at radius 2 is 0.895 bits per heavy atom. The maximum Gasteiger partial charge on any atom is 0.0709 e. The largest absolute Gasteiger partial charge is 0.396 e. The minimum Gasteiger partial charge on any atom is -0.396 e. The highest BCUT2D eigenvalue weighted by Gasteiger charge is 1.93. The molecular weight excluding hydrogens is 246 g/mol. The molecule has 0 aromatic heterocycles. The molecule has 0 saturated heterocycles. The van der Waals surface area contributed by atoms with Gasteiger partial charge in [-0.15, -0.1) is 0 Å². The predicted molar refractivity (Wildman–Crippen MR) is 75.4 cm³/mol. The van der Waals surface area contributed by atoms with Gasteiger partial charge < -0.3 is 10.2 Å². The molecule has 0 heterocycles. The normalized spacial score (nSPS) is 11.1. The number of aliphatic hydroxyl groups excluding tert-OH is 2. The Morgan fingerprint density at radius 3 is 1.32 bits per heavy atom. The lowest BCUT2D eigenvalue weighted by molar-refractivity contribution is -0.171. The third-order valence-corrected chi connectivity index (χ3v) is 2.93. The summed E-state index contributed by atoms with van der Waals surface area (Å²) in [5.74, 6) is 0. The van der Waals surface area contributed by atoms with Crippen molar-refractivity contribution in [1.29, 1.82) is 0 Å². The van der Waals surface area contributed by atoms with Crippen LogP contribution in [0.4, 0.5) is 0 Å². The van der Waals surface area contributed by atoms with E-state index >= 15 is 0 Å². The van der Waals surface area contributed by atoms with Gasteiger partial charge >= 0.3 is 0 Å². The molecule has 0 rings (SSSR count). The van der Waals surface area contributed by atoms with E-state index < -0.39 is 0 Å². The monoisotopic (exact) mass is 277 g/mol. The molecule has 0 unspecified atom stereocenters. The van der Waals surface area contributed by atoms with Gasteiger partial charge in [-0.05, 0) is 25.7 Å². The summed E-state index contributed by atoms with van der Waals surface area (Å²) in [4.78, 5) is 10.3. The van der Waals surface area contributed by atoms with E-state index in [2.05, 4.69) is 5.64 Å². The van der Waals surface area contributed by atoms with Crippen LogP contribution in [0.5, 0.6) is 0 Å². The summed E-state index contributed by atoms with van der Waals surface area (Å²) in [5, 5.41) is 17.2. The standard InChI is InChI=1S/C14H31NO4/c16-11-7-3-1-5-9-13-18-15-19-14-10-6-2-4-8-12-17/h15-17H,1-14H2. The van der Waals surface area contributed by atoms with Gasteiger partial charge in [0.15, 0.2) is 0 Å². The maximum atomic E-state index is 8.61. The Labute approximate surface area is 117 Å². The van der Waals surface area contributed by atoms with Crippen molar-refractivity contribution in [1.82, 2.24) is 5.64 Å². The molecule has 0 radical (unpaired) electrons. The highest BCUT2D eigenvalue weighted by molar-refractivity contribution is 4.43. The van der Waals surface area contributed by atoms with Gasteiger partial charge in [-0.3, -0.25) is 9.68 Å². The molecule has 0 fully saturated rings. The van der Waals surface area contributed by atoms with Crippen LogP contribution < -0.4 is 5.64 Å². The van der Waals surface area contributed by atoms with E-state index in [1.807, 2.05) is 0 Å². The van der Waals surface area contributed by atoms with Crippen LogP contribution in [-0.4, -0.2) is 36.6 Å². The third kappa shape index (κ3) is 17.8. The van der Waals surface area contributed by atoms with Crippen LogP contribution in [0, 0.1) is 0 Å². The SMILES string of the molecule is OCCCCCCCONOCCCCCCCO. The first kappa shape index (κ1) is 18.8. The van der Waals surface area contributed by atoms with Gasteiger partial charge in [0.2, 0.25) is 0 Å². The van der Waals surface area contributed by atoms with E-state index in [1.165, 1.54) is 0 Å². The summed E-state index contributed by atoms with van der Waals surface area (Å²) in [6, 6.07) is 0. The molecule has 0 amide bonds. The molecule has 0 saturated carbocycles. The fraction of sp³-hybridized carbons (Fsp3) is 1.00. The van der Waals surface area contributed by atoms with Crippen molar-refractivity contribution in [3.05, 3.63) is 0 Å². The van der Waals surface area contributed by atoms with Gasteiger partial charge in [0.25, 0.3) is 0 Å². The first-order valence-corrected chi connectivity index (χ1v) is 7.62. The molecule has 5 nitrogen and oxygen atoms in total. The van der Waals surface area contributed by atoms with Crippen molar-refractivity contribution in [3.8, 4) is 0 Å². The molecule has 0 aromatic carbocycles. The first-order valence-electron chi connectivity index (χ1n) is 7.62. The number of hydrogen-bond acceptors (Lipinski definition) is 5. The van der Waals surface area contributed by atoms with Gasteiger partial charge in [0.1, 0.15) is 0 Å². The predicted octanol–water partition coefficient (Wildman–Crippen LogP) is 2.32. The summed E-state index contributed by atoms with van der Waals surface area (Å²) in [6.07, 6.45) is 10.6. The summed E-state index contributed by atoms with van der Waals surface area (Å²) in [7, 11) is 0. The zero-order chi connectivity index (χ0) is 14.0. The van der Waals surface area contributed by atoms with Crippen LogP contribution in [0.1, 0.15) is 64.2 Å². The molecule has 116 valence electrons. The zero-order valence-corrected chi connectivity index (χ0v) is 12.1. The molecule has 5 heteroatoms. The molecule has 0 aliphatic carbocycles. The average Bonchev–Trinajstić information content (AvgIpc) is 2.43. The topological polar surface area (TPSA) is 71.0 Å². The average molecular weight is 277 g/mol. The number of unbranched alkanes of at least 4 members (excludes halogenated alkanes) is 8. The van der Waals surface area contributed by atoms with Gasteiger partial charge in [-0.1, -0.05) is 44.2 Å². The molecule has 0 aliphatic rings. The molecular formula is C14H31NO4. The fourth-order valence-corrected chi connectivity index (χ4v) is 1.76. The fourth-order valence-electron chi connectivity index (χ4n) is 1.76. The second-order valence-electron chi connectivity index (χ2n) is 4.76. The number of hydrogen-bond donors (Lipinski definition) is 3. The highest BCUT2D eigenvalue weighted by atomic mass is 16.9. The first-order chi connectivity index (χ1) is 9.41. The maximum absolute atomic E-state index is 8.61. The van der Waals surface area contributed by atoms with E-state index in [4.69, 9.17) is 19.9 Å². The Bertz CT molecular complexity index is 142. The highest BCUT2D eigenvalue weighted by Crippen LogP contribution is 2.03. The van der Waals surface area contributed by atoms with Gasteiger partial charge in [0, 0.05) is 13.2 Å². The van der Waals surface area contributed by atoms with Crippen LogP contribution in [-0.2, 0) is 9.68 Å². The van der Waals surface area contributed by atoms with Crippen molar-refractivity contribution in [2.24, 2.45) is 0 Å². The van der Waals surface area contributed by atoms with Crippen LogP contribution in [0.15, 0.2) is 0 Å². The summed E-state index contributed by atoms with van der Waals surface area (Å²) in [6.45, 7) is 1.92.